The number of anilines is 3. The third-order valence-electron chi connectivity index (χ3n) is 7.41. The molecule has 1 aliphatic heterocycles. The van der Waals surface area contributed by atoms with Crippen LogP contribution in [0.1, 0.15) is 74.7 Å². The van der Waals surface area contributed by atoms with Gasteiger partial charge in [-0.1, -0.05) is 26.3 Å². The number of amides is 1. The smallest absolute Gasteiger partial charge is 0.255 e. The highest BCUT2D eigenvalue weighted by Gasteiger charge is 2.41. The fraction of sp³-hybridized carbons (Fsp3) is 0.400. The summed E-state index contributed by atoms with van der Waals surface area (Å²) in [5.41, 5.74) is 9.31. The van der Waals surface area contributed by atoms with Crippen molar-refractivity contribution in [2.45, 2.75) is 58.8 Å². The highest BCUT2D eigenvalue weighted by molar-refractivity contribution is 9.10. The van der Waals surface area contributed by atoms with Crippen LogP contribution in [-0.2, 0) is 14.8 Å². The molecule has 0 spiro atoms. The number of carbonyl (C=O) groups is 2. The summed E-state index contributed by atoms with van der Waals surface area (Å²) in [5.74, 6) is -1.77. The number of aliphatic imine (C=N–C) groups is 1. The lowest BCUT2D eigenvalue weighted by Crippen LogP contribution is -2.33. The van der Waals surface area contributed by atoms with E-state index in [0.717, 1.165) is 12.8 Å². The number of Topliss-reactive ketones (excluding diaryl/α,β-unsaturated/α-hetero) is 1. The lowest BCUT2D eigenvalue weighted by atomic mass is 9.70. The number of halogens is 1. The molecule has 9 nitrogen and oxygen atoms in total. The Labute approximate surface area is 249 Å². The fourth-order valence-corrected chi connectivity index (χ4v) is 7.36. The van der Waals surface area contributed by atoms with Crippen LogP contribution in [0.3, 0.4) is 0 Å². The molecule has 2 aliphatic rings. The van der Waals surface area contributed by atoms with Crippen molar-refractivity contribution < 1.29 is 18.0 Å². The molecule has 2 aromatic rings. The van der Waals surface area contributed by atoms with E-state index in [9.17, 15) is 23.3 Å². The number of ketones is 1. The molecule has 0 saturated carbocycles. The first kappa shape index (κ1) is 30.5. The first-order chi connectivity index (χ1) is 19.5. The molecule has 4 N–H and O–H groups in total. The molecule has 0 radical (unpaired) electrons. The number of allylic oxidation sites excluding steroid dienone is 2. The summed E-state index contributed by atoms with van der Waals surface area (Å²) in [6, 6.07) is 12.1. The van der Waals surface area contributed by atoms with Gasteiger partial charge in [-0.05, 0) is 83.9 Å². The molecule has 216 valence electrons. The van der Waals surface area contributed by atoms with E-state index in [1.807, 2.05) is 0 Å². The zero-order valence-corrected chi connectivity index (χ0v) is 25.7. The molecule has 3 unspecified atom stereocenters. The van der Waals surface area contributed by atoms with Crippen molar-refractivity contribution in [1.29, 1.82) is 5.26 Å². The van der Waals surface area contributed by atoms with Gasteiger partial charge >= 0.3 is 0 Å². The molecule has 0 fully saturated rings. The second-order valence-corrected chi connectivity index (χ2v) is 13.3. The number of nitrogens with zero attached hydrogens (tertiary/aromatic N) is 2. The lowest BCUT2D eigenvalue weighted by molar-refractivity contribution is -0.117. The molecule has 1 heterocycles. The summed E-state index contributed by atoms with van der Waals surface area (Å²) in [6.45, 7) is 5.63. The van der Waals surface area contributed by atoms with E-state index in [1.165, 1.54) is 6.07 Å². The molecule has 4 rings (SSSR count). The number of nitrogen functional groups attached to an aromatic ring is 1. The molecular formula is C30H34BrN5O4S. The third kappa shape index (κ3) is 6.71. The molecule has 11 heteroatoms. The Balaban J connectivity index is 1.85. The Kier molecular flexibility index (Phi) is 9.34. The summed E-state index contributed by atoms with van der Waals surface area (Å²) >= 11 is 3.53. The molecule has 41 heavy (non-hydrogen) atoms. The summed E-state index contributed by atoms with van der Waals surface area (Å²) in [7, 11) is -3.77. The number of rotatable bonds is 9. The van der Waals surface area contributed by atoms with E-state index >= 15 is 0 Å². The van der Waals surface area contributed by atoms with Crippen molar-refractivity contribution in [3.05, 3.63) is 63.3 Å². The highest BCUT2D eigenvalue weighted by Crippen LogP contribution is 2.47. The SMILES string of the molecule is CCCC1CC(=O)C2=C(C1)N=C(C)C(C#N)C2c1cc(Br)c(NC(=O)c2cccc(N)c2)c(NS(=O)(=O)CCC)c1. The van der Waals surface area contributed by atoms with Crippen molar-refractivity contribution >= 4 is 60.4 Å². The molecule has 0 saturated heterocycles. The van der Waals surface area contributed by atoms with E-state index < -0.39 is 27.8 Å². The Hall–Kier alpha value is -3.49. The van der Waals surface area contributed by atoms with Crippen LogP contribution >= 0.6 is 15.9 Å². The summed E-state index contributed by atoms with van der Waals surface area (Å²) < 4.78 is 28.8. The monoisotopic (exact) mass is 639 g/mol. The maximum Gasteiger partial charge on any atom is 0.255 e. The minimum atomic E-state index is -3.77. The number of hydrogen-bond acceptors (Lipinski definition) is 7. The summed E-state index contributed by atoms with van der Waals surface area (Å²) in [5, 5.41) is 13.0. The standard InChI is InChI=1S/C30H34BrN5O4S/c1-4-7-18-11-24-28(26(37)12-18)27(22(16-32)17(3)34-24)20-14-23(31)29(25(15-20)36-41(39,40)10-5-2)35-30(38)19-8-6-9-21(33)13-19/h6,8-9,13-15,18,22,27,36H,4-5,7,10-12,33H2,1-3H3,(H,35,38). The predicted molar refractivity (Wildman–Crippen MR) is 165 cm³/mol. The van der Waals surface area contributed by atoms with Gasteiger partial charge in [0.05, 0.1) is 29.1 Å². The number of benzene rings is 2. The van der Waals surface area contributed by atoms with Crippen molar-refractivity contribution in [2.75, 3.05) is 21.5 Å². The van der Waals surface area contributed by atoms with Crippen LogP contribution in [0, 0.1) is 23.2 Å². The number of nitriles is 1. The summed E-state index contributed by atoms with van der Waals surface area (Å²) in [6.07, 6.45) is 3.32. The Morgan fingerprint density at radius 2 is 1.95 bits per heavy atom. The zero-order chi connectivity index (χ0) is 29.9. The van der Waals surface area contributed by atoms with Gasteiger partial charge in [-0.3, -0.25) is 19.3 Å². The number of sulfonamides is 1. The van der Waals surface area contributed by atoms with Crippen LogP contribution in [0.25, 0.3) is 0 Å². The van der Waals surface area contributed by atoms with Gasteiger partial charge in [0.1, 0.15) is 0 Å². The number of nitrogens with one attached hydrogen (secondary N) is 2. The lowest BCUT2D eigenvalue weighted by Gasteiger charge is -2.35. The second kappa shape index (κ2) is 12.6. The first-order valence-electron chi connectivity index (χ1n) is 13.7. The maximum absolute atomic E-state index is 13.5. The van der Waals surface area contributed by atoms with Crippen LogP contribution in [0.4, 0.5) is 17.1 Å². The van der Waals surface area contributed by atoms with Gasteiger partial charge in [-0.25, -0.2) is 8.42 Å². The van der Waals surface area contributed by atoms with Crippen LogP contribution in [0.5, 0.6) is 0 Å². The van der Waals surface area contributed by atoms with Crippen molar-refractivity contribution in [2.24, 2.45) is 16.8 Å². The minimum Gasteiger partial charge on any atom is -0.399 e. The average molecular weight is 641 g/mol. The molecule has 0 bridgehead atoms. The zero-order valence-electron chi connectivity index (χ0n) is 23.3. The Morgan fingerprint density at radius 3 is 2.61 bits per heavy atom. The first-order valence-corrected chi connectivity index (χ1v) is 16.1. The van der Waals surface area contributed by atoms with E-state index in [4.69, 9.17) is 10.7 Å². The van der Waals surface area contributed by atoms with Gasteiger partial charge in [0.15, 0.2) is 5.78 Å². The number of carbonyl (C=O) groups excluding carboxylic acids is 2. The molecular weight excluding hydrogens is 606 g/mol. The normalized spacial score (nSPS) is 20.6. The van der Waals surface area contributed by atoms with Gasteiger partial charge in [-0.2, -0.15) is 5.26 Å². The minimum absolute atomic E-state index is 0.0329. The van der Waals surface area contributed by atoms with Crippen molar-refractivity contribution in [1.82, 2.24) is 0 Å². The number of hydrogen-bond donors (Lipinski definition) is 3. The van der Waals surface area contributed by atoms with Gasteiger partial charge in [-0.15, -0.1) is 0 Å². The Morgan fingerprint density at radius 1 is 1.20 bits per heavy atom. The van der Waals surface area contributed by atoms with Crippen molar-refractivity contribution in [3.8, 4) is 6.07 Å². The van der Waals surface area contributed by atoms with Crippen LogP contribution < -0.4 is 15.8 Å². The van der Waals surface area contributed by atoms with Crippen molar-refractivity contribution in [3.63, 3.8) is 0 Å². The van der Waals surface area contributed by atoms with E-state index in [1.54, 1.807) is 44.2 Å². The average Bonchev–Trinajstić information content (AvgIpc) is 2.89. The van der Waals surface area contributed by atoms with E-state index in [2.05, 4.69) is 39.0 Å². The molecule has 2 aromatic carbocycles. The summed E-state index contributed by atoms with van der Waals surface area (Å²) in [4.78, 5) is 31.4. The van der Waals surface area contributed by atoms with Gasteiger partial charge in [0.25, 0.3) is 5.91 Å². The van der Waals surface area contributed by atoms with Crippen LogP contribution in [-0.4, -0.2) is 31.6 Å². The molecule has 1 amide bonds. The molecule has 0 aromatic heterocycles. The van der Waals surface area contributed by atoms with Crippen LogP contribution in [0.15, 0.2) is 57.1 Å². The third-order valence-corrected chi connectivity index (χ3v) is 9.51. The quantitative estimate of drug-likeness (QED) is 0.279. The number of nitrogens with two attached hydrogens (primary N) is 1. The van der Waals surface area contributed by atoms with Gasteiger partial charge in [0.2, 0.25) is 10.0 Å². The molecule has 1 aliphatic carbocycles. The Bertz CT molecular complexity index is 1590. The van der Waals surface area contributed by atoms with Gasteiger partial charge in [0, 0.05) is 45.0 Å². The molecule has 3 atom stereocenters. The fourth-order valence-electron chi connectivity index (χ4n) is 5.64. The predicted octanol–water partition coefficient (Wildman–Crippen LogP) is 6.17. The highest BCUT2D eigenvalue weighted by atomic mass is 79.9. The van der Waals surface area contributed by atoms with E-state index in [0.29, 0.717) is 57.5 Å². The maximum atomic E-state index is 13.5. The van der Waals surface area contributed by atoms with E-state index in [-0.39, 0.29) is 28.8 Å². The second-order valence-electron chi connectivity index (χ2n) is 10.6. The van der Waals surface area contributed by atoms with Crippen LogP contribution in [0.2, 0.25) is 0 Å². The van der Waals surface area contributed by atoms with Gasteiger partial charge < -0.3 is 11.1 Å². The topological polar surface area (TPSA) is 155 Å². The largest absolute Gasteiger partial charge is 0.399 e.